The highest BCUT2D eigenvalue weighted by Gasteiger charge is 2.43. The van der Waals surface area contributed by atoms with Gasteiger partial charge in [0, 0.05) is 55.0 Å². The molecule has 12 heteroatoms. The van der Waals surface area contributed by atoms with Crippen molar-refractivity contribution in [1.29, 1.82) is 0 Å². The molecule has 2 aliphatic rings. The highest BCUT2D eigenvalue weighted by molar-refractivity contribution is 7.08. The Morgan fingerprint density at radius 3 is 2.71 bits per heavy atom. The number of aliphatic carboxylic acids is 1. The van der Waals surface area contributed by atoms with Gasteiger partial charge in [0.25, 0.3) is 5.91 Å². The number of aryl methyl sites for hydroxylation is 1. The Kier molecular flexibility index (Phi) is 7.34. The second-order valence-electron chi connectivity index (χ2n) is 7.44. The number of aromatic nitrogens is 1. The molecule has 0 bridgehead atoms. The average molecular weight is 461 g/mol. The first kappa shape index (κ1) is 23.2. The first-order chi connectivity index (χ1) is 14.6. The second-order valence-corrected chi connectivity index (χ2v) is 8.22. The third kappa shape index (κ3) is 6.28. The molecule has 2 saturated heterocycles. The van der Waals surface area contributed by atoms with Gasteiger partial charge in [-0.3, -0.25) is 9.69 Å². The summed E-state index contributed by atoms with van der Waals surface area (Å²) in [7, 11) is 0. The van der Waals surface area contributed by atoms with E-state index in [-0.39, 0.29) is 12.0 Å². The Morgan fingerprint density at radius 2 is 2.13 bits per heavy atom. The summed E-state index contributed by atoms with van der Waals surface area (Å²) in [6.45, 7) is 6.01. The van der Waals surface area contributed by atoms with Gasteiger partial charge in [0.2, 0.25) is 0 Å². The summed E-state index contributed by atoms with van der Waals surface area (Å²) in [5.41, 5.74) is 1.71. The van der Waals surface area contributed by atoms with Gasteiger partial charge >= 0.3 is 12.1 Å². The minimum absolute atomic E-state index is 0.00706. The smallest absolute Gasteiger partial charge is 0.475 e. The average Bonchev–Trinajstić information content (AvgIpc) is 3.45. The highest BCUT2D eigenvalue weighted by atomic mass is 32.1. The van der Waals surface area contributed by atoms with Crippen LogP contribution in [0.25, 0.3) is 0 Å². The molecule has 31 heavy (non-hydrogen) atoms. The van der Waals surface area contributed by atoms with Crippen molar-refractivity contribution in [2.75, 3.05) is 26.2 Å². The molecule has 170 valence electrons. The number of carboxylic acid groups (broad SMARTS) is 1. The van der Waals surface area contributed by atoms with Crippen LogP contribution in [0.15, 0.2) is 27.4 Å². The summed E-state index contributed by atoms with van der Waals surface area (Å²) in [4.78, 5) is 23.3. The SMILES string of the molecule is Cc1cc(CN2C[C@@H]3[C@H](CNC(=O)c4ccsc4)CO[C@@H]3C2)no1.O=C(O)C(F)(F)F. The minimum Gasteiger partial charge on any atom is -0.475 e. The number of fused-ring (bicyclic) bond motifs is 1. The number of halogens is 3. The Bertz CT molecular complexity index is 887. The Balaban J connectivity index is 0.000000339. The molecule has 0 unspecified atom stereocenters. The lowest BCUT2D eigenvalue weighted by Gasteiger charge is -2.19. The zero-order chi connectivity index (χ0) is 22.6. The second kappa shape index (κ2) is 9.79. The number of nitrogens with zero attached hydrogens (tertiary/aromatic N) is 2. The third-order valence-corrected chi connectivity index (χ3v) is 5.81. The molecular formula is C19H22F3N3O5S. The quantitative estimate of drug-likeness (QED) is 0.705. The number of ether oxygens (including phenoxy) is 1. The van der Waals surface area contributed by atoms with E-state index in [4.69, 9.17) is 19.2 Å². The molecule has 0 aromatic carbocycles. The van der Waals surface area contributed by atoms with Crippen LogP contribution in [-0.2, 0) is 16.1 Å². The fraction of sp³-hybridized carbons (Fsp3) is 0.526. The van der Waals surface area contributed by atoms with Crippen LogP contribution in [0, 0.1) is 18.8 Å². The van der Waals surface area contributed by atoms with Crippen LogP contribution < -0.4 is 5.32 Å². The van der Waals surface area contributed by atoms with Gasteiger partial charge in [-0.1, -0.05) is 5.16 Å². The number of carbonyl (C=O) groups is 2. The zero-order valence-electron chi connectivity index (χ0n) is 16.6. The normalized spacial score (nSPS) is 23.2. The Hall–Kier alpha value is -2.44. The maximum absolute atomic E-state index is 12.1. The van der Waals surface area contributed by atoms with Crippen molar-refractivity contribution in [3.05, 3.63) is 39.9 Å². The van der Waals surface area contributed by atoms with Crippen molar-refractivity contribution < 1.29 is 37.1 Å². The summed E-state index contributed by atoms with van der Waals surface area (Å²) in [6.07, 6.45) is -4.82. The van der Waals surface area contributed by atoms with Crippen LogP contribution >= 0.6 is 11.3 Å². The molecule has 2 aromatic rings. The maximum Gasteiger partial charge on any atom is 0.490 e. The number of hydrogen-bond donors (Lipinski definition) is 2. The van der Waals surface area contributed by atoms with E-state index in [1.807, 2.05) is 29.8 Å². The van der Waals surface area contributed by atoms with Gasteiger partial charge in [-0.25, -0.2) is 4.79 Å². The summed E-state index contributed by atoms with van der Waals surface area (Å²) in [6, 6.07) is 3.83. The first-order valence-electron chi connectivity index (χ1n) is 9.50. The number of alkyl halides is 3. The molecule has 0 aliphatic carbocycles. The first-order valence-corrected chi connectivity index (χ1v) is 10.4. The van der Waals surface area contributed by atoms with Gasteiger partial charge in [0.1, 0.15) is 5.76 Å². The number of hydrogen-bond acceptors (Lipinski definition) is 7. The molecule has 0 saturated carbocycles. The van der Waals surface area contributed by atoms with E-state index in [0.717, 1.165) is 43.3 Å². The largest absolute Gasteiger partial charge is 0.490 e. The molecule has 1 amide bonds. The predicted octanol–water partition coefficient (Wildman–Crippen LogP) is 2.55. The van der Waals surface area contributed by atoms with Crippen LogP contribution in [-0.4, -0.2) is 65.6 Å². The molecule has 2 fully saturated rings. The topological polar surface area (TPSA) is 105 Å². The number of rotatable bonds is 5. The predicted molar refractivity (Wildman–Crippen MR) is 104 cm³/mol. The molecular weight excluding hydrogens is 439 g/mol. The molecule has 3 atom stereocenters. The van der Waals surface area contributed by atoms with Crippen molar-refractivity contribution in [2.24, 2.45) is 11.8 Å². The number of likely N-dealkylation sites (tertiary alicyclic amines) is 1. The van der Waals surface area contributed by atoms with Crippen molar-refractivity contribution in [3.8, 4) is 0 Å². The van der Waals surface area contributed by atoms with E-state index in [9.17, 15) is 18.0 Å². The monoisotopic (exact) mass is 461 g/mol. The van der Waals surface area contributed by atoms with Crippen molar-refractivity contribution in [2.45, 2.75) is 25.7 Å². The molecule has 0 radical (unpaired) electrons. The summed E-state index contributed by atoms with van der Waals surface area (Å²) in [5, 5.41) is 18.0. The fourth-order valence-electron chi connectivity index (χ4n) is 3.66. The van der Waals surface area contributed by atoms with Crippen LogP contribution in [0.2, 0.25) is 0 Å². The molecule has 4 rings (SSSR count). The van der Waals surface area contributed by atoms with E-state index in [0.29, 0.717) is 18.4 Å². The minimum atomic E-state index is -5.08. The maximum atomic E-state index is 12.1. The van der Waals surface area contributed by atoms with E-state index >= 15 is 0 Å². The Morgan fingerprint density at radius 1 is 1.39 bits per heavy atom. The number of carboxylic acids is 1. The highest BCUT2D eigenvalue weighted by Crippen LogP contribution is 2.34. The summed E-state index contributed by atoms with van der Waals surface area (Å²) >= 11 is 1.54. The Labute approximate surface area is 180 Å². The number of nitrogens with one attached hydrogen (secondary N) is 1. The van der Waals surface area contributed by atoms with Crippen molar-refractivity contribution >= 4 is 23.2 Å². The van der Waals surface area contributed by atoms with E-state index in [2.05, 4.69) is 15.4 Å². The number of thiophene rings is 1. The van der Waals surface area contributed by atoms with Gasteiger partial charge in [0.05, 0.1) is 18.4 Å². The molecule has 4 heterocycles. The lowest BCUT2D eigenvalue weighted by Crippen LogP contribution is -2.34. The van der Waals surface area contributed by atoms with Crippen molar-refractivity contribution in [3.63, 3.8) is 0 Å². The molecule has 8 nitrogen and oxygen atoms in total. The van der Waals surface area contributed by atoms with Crippen LogP contribution in [0.5, 0.6) is 0 Å². The lowest BCUT2D eigenvalue weighted by atomic mass is 9.93. The van der Waals surface area contributed by atoms with Crippen LogP contribution in [0.3, 0.4) is 0 Å². The zero-order valence-corrected chi connectivity index (χ0v) is 17.4. The fourth-order valence-corrected chi connectivity index (χ4v) is 4.30. The van der Waals surface area contributed by atoms with Gasteiger partial charge in [-0.2, -0.15) is 24.5 Å². The van der Waals surface area contributed by atoms with Gasteiger partial charge in [0.15, 0.2) is 0 Å². The summed E-state index contributed by atoms with van der Waals surface area (Å²) in [5.74, 6) is -1.06. The molecule has 2 N–H and O–H groups in total. The lowest BCUT2D eigenvalue weighted by molar-refractivity contribution is -0.192. The van der Waals surface area contributed by atoms with E-state index in [1.165, 1.54) is 11.3 Å². The van der Waals surface area contributed by atoms with Crippen molar-refractivity contribution in [1.82, 2.24) is 15.4 Å². The molecule has 2 aromatic heterocycles. The number of carbonyl (C=O) groups excluding carboxylic acids is 1. The standard InChI is InChI=1S/C17H21N3O3S.C2HF3O2/c1-11-4-14(19-23-11)6-20-7-15-13(9-22-16(15)8-20)5-18-17(21)12-2-3-24-10-12;3-2(4,5)1(6)7/h2-4,10,13,15-16H,5-9H2,1H3,(H,18,21);(H,6,7)/t13-,15-,16-;/m1./s1. The summed E-state index contributed by atoms with van der Waals surface area (Å²) < 4.78 is 42.8. The van der Waals surface area contributed by atoms with E-state index < -0.39 is 12.1 Å². The van der Waals surface area contributed by atoms with Gasteiger partial charge in [-0.15, -0.1) is 0 Å². The third-order valence-electron chi connectivity index (χ3n) is 5.13. The van der Waals surface area contributed by atoms with Crippen LogP contribution in [0.4, 0.5) is 13.2 Å². The number of amides is 1. The van der Waals surface area contributed by atoms with Gasteiger partial charge in [-0.05, 0) is 18.4 Å². The van der Waals surface area contributed by atoms with Crippen LogP contribution in [0.1, 0.15) is 21.8 Å². The molecule has 0 spiro atoms. The molecule has 2 aliphatic heterocycles. The van der Waals surface area contributed by atoms with Gasteiger partial charge < -0.3 is 19.7 Å². The van der Waals surface area contributed by atoms with E-state index in [1.54, 1.807) is 0 Å².